The molecule has 28 heteroatoms. The van der Waals surface area contributed by atoms with E-state index < -0.39 is 50.5 Å². The fourth-order valence-corrected chi connectivity index (χ4v) is 13.5. The second-order valence-electron chi connectivity index (χ2n) is 18.3. The Balaban J connectivity index is 0.00000328. The number of benzene rings is 4. The Morgan fingerprint density at radius 1 is 0.731 bits per heavy atom. The first-order chi connectivity index (χ1) is 34.7. The molecule has 0 spiro atoms. The SMILES string of the molecule is CCc1cc(C)c(S(=O)(=O)[O-])c(CC)c1Nc1nc(N(c2nc3ccc(S(=O)(=O)[O-])cc3s2)c2c(CC)cc(C)c(S(=O)(=O)[O-])c2CC)cc(C)c1N=Nc1c(C#N)c(C(C)(C)C)nn1-c1nc2cc[c-]cc2s1.[Na+].[Na+].[Na+].[Na+]. The summed E-state index contributed by atoms with van der Waals surface area (Å²) in [4.78, 5) is 15.0. The molecule has 0 fully saturated rings. The molecule has 0 aliphatic rings. The maximum atomic E-state index is 13.2. The first kappa shape index (κ1) is 67.9. The number of hydrogen-bond acceptors (Lipinski definition) is 20. The van der Waals surface area contributed by atoms with Crippen molar-refractivity contribution in [3.8, 4) is 11.2 Å². The number of hydrogen-bond donors (Lipinski definition) is 1. The van der Waals surface area contributed by atoms with Crippen LogP contribution in [0, 0.1) is 38.2 Å². The first-order valence-electron chi connectivity index (χ1n) is 23.1. The minimum Gasteiger partial charge on any atom is -0.744 e. The third-order valence-electron chi connectivity index (χ3n) is 12.3. The van der Waals surface area contributed by atoms with E-state index in [-0.39, 0.29) is 209 Å². The van der Waals surface area contributed by atoms with Gasteiger partial charge >= 0.3 is 118 Å². The Morgan fingerprint density at radius 3 is 1.88 bits per heavy atom. The van der Waals surface area contributed by atoms with Gasteiger partial charge < -0.3 is 19.0 Å². The Bertz CT molecular complexity index is 4010. The Kier molecular flexibility index (Phi) is 23.0. The molecule has 19 nitrogen and oxygen atoms in total. The van der Waals surface area contributed by atoms with Gasteiger partial charge in [0.15, 0.2) is 21.9 Å². The van der Waals surface area contributed by atoms with Gasteiger partial charge in [-0.25, -0.2) is 40.2 Å². The van der Waals surface area contributed by atoms with Crippen LogP contribution in [0.5, 0.6) is 0 Å². The summed E-state index contributed by atoms with van der Waals surface area (Å²) in [5, 5.41) is 29.0. The zero-order chi connectivity index (χ0) is 54.0. The molecule has 0 aliphatic heterocycles. The number of nitrogens with zero attached hydrogens (tertiary/aromatic N) is 9. The Labute approximate surface area is 550 Å². The number of pyridine rings is 1. The maximum absolute atomic E-state index is 13.2. The molecule has 0 radical (unpaired) electrons. The fraction of sp³-hybridized carbons (Fsp3) is 0.300. The van der Waals surface area contributed by atoms with E-state index in [4.69, 9.17) is 30.3 Å². The minimum absolute atomic E-state index is 0. The van der Waals surface area contributed by atoms with Crippen LogP contribution in [0.3, 0.4) is 0 Å². The van der Waals surface area contributed by atoms with Crippen molar-refractivity contribution in [1.29, 1.82) is 5.26 Å². The molecule has 4 aromatic heterocycles. The van der Waals surface area contributed by atoms with Crippen LogP contribution in [-0.4, -0.2) is 63.6 Å². The molecule has 1 N–H and O–H groups in total. The van der Waals surface area contributed by atoms with Gasteiger partial charge in [-0.3, -0.25) is 4.90 Å². The molecule has 0 atom stereocenters. The van der Waals surface area contributed by atoms with Gasteiger partial charge in [0, 0.05) is 11.1 Å². The summed E-state index contributed by atoms with van der Waals surface area (Å²) < 4.78 is 118. The van der Waals surface area contributed by atoms with Crippen LogP contribution in [-0.2, 0) is 61.5 Å². The summed E-state index contributed by atoms with van der Waals surface area (Å²) in [7, 11) is -15.1. The second-order valence-corrected chi connectivity index (χ2v) is 24.3. The number of anilines is 5. The zero-order valence-electron chi connectivity index (χ0n) is 45.8. The Hall–Kier alpha value is -2.56. The molecule has 78 heavy (non-hydrogen) atoms. The number of azo groups is 1. The third-order valence-corrected chi connectivity index (χ3v) is 17.2. The zero-order valence-corrected chi connectivity index (χ0v) is 57.8. The summed E-state index contributed by atoms with van der Waals surface area (Å²) in [5.41, 5.74) is 3.71. The molecule has 8 aromatic rings. The summed E-state index contributed by atoms with van der Waals surface area (Å²) >= 11 is 2.27. The average molecular weight is 1190 g/mol. The van der Waals surface area contributed by atoms with E-state index in [2.05, 4.69) is 17.5 Å². The van der Waals surface area contributed by atoms with Gasteiger partial charge in [-0.1, -0.05) is 76.6 Å². The van der Waals surface area contributed by atoms with Gasteiger partial charge in [0.05, 0.1) is 36.3 Å². The number of aryl methyl sites for hydroxylation is 5. The predicted octanol–water partition coefficient (Wildman–Crippen LogP) is -1.01. The number of nitriles is 1. The van der Waals surface area contributed by atoms with E-state index in [1.54, 1.807) is 69.0 Å². The molecule has 0 unspecified atom stereocenters. The monoisotopic (exact) mass is 1180 g/mol. The van der Waals surface area contributed by atoms with Crippen molar-refractivity contribution in [3.63, 3.8) is 0 Å². The molecule has 4 aromatic carbocycles. The molecule has 0 saturated carbocycles. The molecule has 386 valence electrons. The van der Waals surface area contributed by atoms with E-state index in [0.29, 0.717) is 45.9 Å². The first-order valence-corrected chi connectivity index (χ1v) is 29.0. The van der Waals surface area contributed by atoms with E-state index in [1.165, 1.54) is 35.1 Å². The van der Waals surface area contributed by atoms with Crippen molar-refractivity contribution < 1.29 is 157 Å². The Morgan fingerprint density at radius 2 is 1.33 bits per heavy atom. The van der Waals surface area contributed by atoms with Crippen molar-refractivity contribution in [2.24, 2.45) is 10.2 Å². The van der Waals surface area contributed by atoms with Crippen LogP contribution in [0.4, 0.5) is 39.6 Å². The van der Waals surface area contributed by atoms with Crippen molar-refractivity contribution in [3.05, 3.63) is 111 Å². The predicted molar refractivity (Wildman–Crippen MR) is 281 cm³/mol. The van der Waals surface area contributed by atoms with Crippen molar-refractivity contribution in [2.75, 3.05) is 10.2 Å². The number of fused-ring (bicyclic) bond motifs is 2. The summed E-state index contributed by atoms with van der Waals surface area (Å²) in [5.74, 6) is 0.0504. The quantitative estimate of drug-likeness (QED) is 0.0557. The topological polar surface area (TPSA) is 292 Å². The van der Waals surface area contributed by atoms with Gasteiger partial charge in [0.2, 0.25) is 0 Å². The molecule has 0 saturated heterocycles. The van der Waals surface area contributed by atoms with Crippen LogP contribution < -0.4 is 128 Å². The van der Waals surface area contributed by atoms with Crippen LogP contribution in [0.15, 0.2) is 79.5 Å². The molecular formula is C50H48N10Na4O9S5. The smallest absolute Gasteiger partial charge is 0.744 e. The maximum Gasteiger partial charge on any atom is 1.00 e. The third kappa shape index (κ3) is 13.6. The van der Waals surface area contributed by atoms with Gasteiger partial charge in [0.1, 0.15) is 53.5 Å². The number of rotatable bonds is 15. The van der Waals surface area contributed by atoms with Crippen LogP contribution in [0.1, 0.15) is 98.7 Å². The molecule has 0 aliphatic carbocycles. The average Bonchev–Trinajstić information content (AvgIpc) is 4.05. The van der Waals surface area contributed by atoms with Gasteiger partial charge in [0.25, 0.3) is 0 Å². The van der Waals surface area contributed by atoms with Crippen LogP contribution >= 0.6 is 22.7 Å². The van der Waals surface area contributed by atoms with Crippen LogP contribution in [0.2, 0.25) is 0 Å². The van der Waals surface area contributed by atoms with Crippen molar-refractivity contribution in [1.82, 2.24) is 24.7 Å². The fourth-order valence-electron chi connectivity index (χ4n) is 9.03. The number of thiazole rings is 2. The summed E-state index contributed by atoms with van der Waals surface area (Å²) in [6, 6.07) is 19.1. The molecule has 0 amide bonds. The second kappa shape index (κ2) is 26.3. The van der Waals surface area contributed by atoms with Crippen molar-refractivity contribution >= 4 is 113 Å². The molecule has 0 bridgehead atoms. The number of aromatic nitrogens is 5. The van der Waals surface area contributed by atoms with E-state index in [1.807, 2.05) is 34.6 Å². The molecular weight excluding hydrogens is 1140 g/mol. The molecule has 8 rings (SSSR count). The van der Waals surface area contributed by atoms with E-state index >= 15 is 0 Å². The normalized spacial score (nSPS) is 11.9. The van der Waals surface area contributed by atoms with Gasteiger partial charge in [-0.05, 0) is 115 Å². The van der Waals surface area contributed by atoms with E-state index in [0.717, 1.165) is 22.1 Å². The largest absolute Gasteiger partial charge is 1.00 e. The minimum atomic E-state index is -5.11. The van der Waals surface area contributed by atoms with Gasteiger partial charge in [-0.15, -0.1) is 16.3 Å². The molecule has 4 heterocycles. The van der Waals surface area contributed by atoms with E-state index in [9.17, 15) is 44.2 Å². The van der Waals surface area contributed by atoms with Gasteiger partial charge in [-0.2, -0.15) is 44.6 Å². The number of nitrogens with one attached hydrogen (secondary N) is 1. The summed E-state index contributed by atoms with van der Waals surface area (Å²) in [6.45, 7) is 17.6. The standard InChI is InChI=1S/C50H51N10O9S5.4Na/c1-11-29-21-27(6)43(73(64,65)66)32(13-3)41(29)55-46-40(56-57-47-34(25-51)45(50(8,9)10)58-60(47)49-53-35-17-15-16-18-37(35)70-49)26(5)23-39(54-46)59(48-52-36-20-19-31(72(61,62)63)24-38(36)71-48)42-30(12-2)22-28(7)44(33(42)14-4)74(67,68)69;;;;/h15,17-24H,11-14H2,1-10H3,(H,54,55)(H,61,62,63)(H,64,65,66)(H,67,68,69);;;;/q-1;4*+1/p-3. The van der Waals surface area contributed by atoms with Crippen molar-refractivity contribution in [2.45, 2.75) is 115 Å². The van der Waals surface area contributed by atoms with Crippen LogP contribution in [0.25, 0.3) is 25.6 Å². The summed E-state index contributed by atoms with van der Waals surface area (Å²) in [6.07, 6.45) is 0.787.